The molecule has 0 aliphatic heterocycles. The summed E-state index contributed by atoms with van der Waals surface area (Å²) >= 11 is 7.53. The fraction of sp³-hybridized carbons (Fsp3) is 0.333. The normalized spacial score (nSPS) is 10.1. The molecule has 0 saturated heterocycles. The zero-order valence-corrected chi connectivity index (χ0v) is 9.21. The van der Waals surface area contributed by atoms with Gasteiger partial charge < -0.3 is 10.1 Å². The lowest BCUT2D eigenvalue weighted by Gasteiger charge is -2.07. The second-order valence-corrected chi connectivity index (χ2v) is 3.89. The van der Waals surface area contributed by atoms with E-state index in [4.69, 9.17) is 16.3 Å². The van der Waals surface area contributed by atoms with E-state index in [1.807, 2.05) is 25.2 Å². The van der Waals surface area contributed by atoms with Crippen molar-refractivity contribution in [3.8, 4) is 5.75 Å². The van der Waals surface area contributed by atoms with E-state index in [1.165, 1.54) is 0 Å². The van der Waals surface area contributed by atoms with Gasteiger partial charge in [0.25, 0.3) is 0 Å². The third kappa shape index (κ3) is 3.10. The average Bonchev–Trinajstić information content (AvgIpc) is 2.15. The van der Waals surface area contributed by atoms with Gasteiger partial charge in [0.1, 0.15) is 5.75 Å². The van der Waals surface area contributed by atoms with Crippen molar-refractivity contribution in [1.29, 1.82) is 0 Å². The summed E-state index contributed by atoms with van der Waals surface area (Å²) in [6, 6.07) is 5.60. The molecule has 13 heavy (non-hydrogen) atoms. The topological polar surface area (TPSA) is 21.3 Å². The Balaban J connectivity index is 2.81. The number of ether oxygens (including phenoxy) is 1. The summed E-state index contributed by atoms with van der Waals surface area (Å²) in [6.45, 7) is 0. The predicted octanol–water partition coefficient (Wildman–Crippen LogP) is 2.62. The summed E-state index contributed by atoms with van der Waals surface area (Å²) in [6.07, 6.45) is 0. The molecule has 0 fully saturated rings. The average molecular weight is 218 g/mol. The van der Waals surface area contributed by atoms with E-state index < -0.39 is 0 Å². The van der Waals surface area contributed by atoms with Gasteiger partial charge in [0.2, 0.25) is 0 Å². The minimum atomic E-state index is 0.736. The molecule has 1 aromatic carbocycles. The van der Waals surface area contributed by atoms with Gasteiger partial charge in [0, 0.05) is 10.9 Å². The van der Waals surface area contributed by atoms with Crippen LogP contribution in [0.5, 0.6) is 5.75 Å². The molecule has 0 aromatic heterocycles. The van der Waals surface area contributed by atoms with Crippen molar-refractivity contribution in [2.45, 2.75) is 4.90 Å². The number of hydrogen-bond acceptors (Lipinski definition) is 3. The van der Waals surface area contributed by atoms with Crippen LogP contribution in [0, 0.1) is 0 Å². The summed E-state index contributed by atoms with van der Waals surface area (Å²) in [4.78, 5) is 1.06. The molecule has 0 heterocycles. The van der Waals surface area contributed by atoms with E-state index in [0.717, 1.165) is 21.5 Å². The third-order valence-electron chi connectivity index (χ3n) is 1.50. The Hall–Kier alpha value is -0.380. The van der Waals surface area contributed by atoms with Crippen molar-refractivity contribution in [3.63, 3.8) is 0 Å². The van der Waals surface area contributed by atoms with Crippen molar-refractivity contribution in [1.82, 2.24) is 5.32 Å². The number of rotatable bonds is 4. The number of hydrogen-bond donors (Lipinski definition) is 1. The maximum atomic E-state index is 5.86. The summed E-state index contributed by atoms with van der Waals surface area (Å²) < 4.78 is 5.19. The zero-order valence-electron chi connectivity index (χ0n) is 7.63. The first kappa shape index (κ1) is 10.7. The highest BCUT2D eigenvalue weighted by atomic mass is 35.5. The van der Waals surface area contributed by atoms with Gasteiger partial charge >= 0.3 is 0 Å². The van der Waals surface area contributed by atoms with Gasteiger partial charge in [-0.1, -0.05) is 11.6 Å². The van der Waals surface area contributed by atoms with Crippen LogP contribution < -0.4 is 10.1 Å². The van der Waals surface area contributed by atoms with Gasteiger partial charge in [0.15, 0.2) is 0 Å². The fourth-order valence-corrected chi connectivity index (χ4v) is 1.95. The van der Waals surface area contributed by atoms with E-state index in [1.54, 1.807) is 18.9 Å². The maximum absolute atomic E-state index is 5.86. The van der Waals surface area contributed by atoms with Crippen LogP contribution >= 0.6 is 23.4 Å². The molecule has 0 saturated carbocycles. The molecule has 0 aliphatic carbocycles. The van der Waals surface area contributed by atoms with Crippen molar-refractivity contribution in [3.05, 3.63) is 23.2 Å². The van der Waals surface area contributed by atoms with Crippen LogP contribution in [0.25, 0.3) is 0 Å². The molecule has 0 bridgehead atoms. The molecule has 0 aliphatic rings. The number of nitrogens with one attached hydrogen (secondary N) is 1. The predicted molar refractivity (Wildman–Crippen MR) is 57.8 cm³/mol. The highest BCUT2D eigenvalue weighted by molar-refractivity contribution is 7.99. The van der Waals surface area contributed by atoms with Gasteiger partial charge in [-0.15, -0.1) is 11.8 Å². The molecular weight excluding hydrogens is 206 g/mol. The van der Waals surface area contributed by atoms with E-state index in [2.05, 4.69) is 5.32 Å². The highest BCUT2D eigenvalue weighted by Crippen LogP contribution is 2.30. The first-order chi connectivity index (χ1) is 6.27. The van der Waals surface area contributed by atoms with Crippen LogP contribution in [0.4, 0.5) is 0 Å². The van der Waals surface area contributed by atoms with Crippen LogP contribution in [0.3, 0.4) is 0 Å². The molecule has 0 unspecified atom stereocenters. The minimum absolute atomic E-state index is 0.736. The standard InChI is InChI=1S/C9H12ClNOS/c1-11-6-13-9-5-7(10)3-4-8(9)12-2/h3-5,11H,6H2,1-2H3. The van der Waals surface area contributed by atoms with Crippen LogP contribution in [0.2, 0.25) is 5.02 Å². The van der Waals surface area contributed by atoms with E-state index >= 15 is 0 Å². The number of methoxy groups -OCH3 is 1. The Labute approximate surface area is 87.6 Å². The molecule has 1 rings (SSSR count). The van der Waals surface area contributed by atoms with E-state index in [9.17, 15) is 0 Å². The van der Waals surface area contributed by atoms with E-state index in [-0.39, 0.29) is 0 Å². The molecule has 0 amide bonds. The largest absolute Gasteiger partial charge is 0.496 e. The molecule has 4 heteroatoms. The van der Waals surface area contributed by atoms with Crippen molar-refractivity contribution in [2.75, 3.05) is 20.0 Å². The maximum Gasteiger partial charge on any atom is 0.132 e. The molecule has 0 radical (unpaired) electrons. The number of thioether (sulfide) groups is 1. The number of benzene rings is 1. The quantitative estimate of drug-likeness (QED) is 0.619. The van der Waals surface area contributed by atoms with Crippen LogP contribution in [0.1, 0.15) is 0 Å². The lowest BCUT2D eigenvalue weighted by atomic mass is 10.3. The van der Waals surface area contributed by atoms with E-state index in [0.29, 0.717) is 0 Å². The summed E-state index contributed by atoms with van der Waals surface area (Å²) in [7, 11) is 3.57. The Morgan fingerprint density at radius 2 is 2.31 bits per heavy atom. The first-order valence-electron chi connectivity index (χ1n) is 3.89. The Morgan fingerprint density at radius 3 is 2.92 bits per heavy atom. The van der Waals surface area contributed by atoms with Gasteiger partial charge in [-0.05, 0) is 25.2 Å². The van der Waals surface area contributed by atoms with Crippen LogP contribution in [0.15, 0.2) is 23.1 Å². The lowest BCUT2D eigenvalue weighted by Crippen LogP contribution is -2.03. The van der Waals surface area contributed by atoms with Crippen molar-refractivity contribution >= 4 is 23.4 Å². The van der Waals surface area contributed by atoms with Gasteiger partial charge in [-0.3, -0.25) is 0 Å². The molecule has 1 aromatic rings. The summed E-state index contributed by atoms with van der Waals surface area (Å²) in [5, 5.41) is 3.79. The SMILES string of the molecule is CNCSc1cc(Cl)ccc1OC. The van der Waals surface area contributed by atoms with Gasteiger partial charge in [-0.25, -0.2) is 0 Å². The second-order valence-electron chi connectivity index (χ2n) is 2.44. The van der Waals surface area contributed by atoms with Gasteiger partial charge in [0.05, 0.1) is 12.0 Å². The third-order valence-corrected chi connectivity index (χ3v) is 2.80. The number of halogens is 1. The van der Waals surface area contributed by atoms with Crippen molar-refractivity contribution in [2.24, 2.45) is 0 Å². The zero-order chi connectivity index (χ0) is 9.68. The molecule has 1 N–H and O–H groups in total. The minimum Gasteiger partial charge on any atom is -0.496 e. The Morgan fingerprint density at radius 1 is 1.54 bits per heavy atom. The monoisotopic (exact) mass is 217 g/mol. The lowest BCUT2D eigenvalue weighted by molar-refractivity contribution is 0.405. The Kier molecular flexibility index (Phi) is 4.42. The van der Waals surface area contributed by atoms with Gasteiger partial charge in [-0.2, -0.15) is 0 Å². The highest BCUT2D eigenvalue weighted by Gasteiger charge is 2.03. The molecule has 0 spiro atoms. The fourth-order valence-electron chi connectivity index (χ4n) is 0.913. The molecular formula is C9H12ClNOS. The van der Waals surface area contributed by atoms with Crippen LogP contribution in [-0.2, 0) is 0 Å². The molecule has 2 nitrogen and oxygen atoms in total. The smallest absolute Gasteiger partial charge is 0.132 e. The van der Waals surface area contributed by atoms with Crippen LogP contribution in [-0.4, -0.2) is 20.0 Å². The molecule has 0 atom stereocenters. The Bertz CT molecular complexity index is 280. The summed E-state index contributed by atoms with van der Waals surface area (Å²) in [5.41, 5.74) is 0. The first-order valence-corrected chi connectivity index (χ1v) is 5.25. The van der Waals surface area contributed by atoms with Crippen molar-refractivity contribution < 1.29 is 4.74 Å². The summed E-state index contributed by atoms with van der Waals surface area (Å²) in [5.74, 6) is 1.71. The molecule has 72 valence electrons. The second kappa shape index (κ2) is 5.37.